The van der Waals surface area contributed by atoms with E-state index in [9.17, 15) is 5.11 Å². The highest BCUT2D eigenvalue weighted by Crippen LogP contribution is 2.04. The second kappa shape index (κ2) is 21.8. The zero-order valence-electron chi connectivity index (χ0n) is 16.5. The second-order valence-corrected chi connectivity index (χ2v) is 6.61. The van der Waals surface area contributed by atoms with Crippen LogP contribution in [0, 0.1) is 0 Å². The van der Waals surface area contributed by atoms with Crippen molar-refractivity contribution in [3.8, 4) is 0 Å². The highest BCUT2D eigenvalue weighted by molar-refractivity contribution is 7.80. The Balaban J connectivity index is 3.52. The lowest BCUT2D eigenvalue weighted by Gasteiger charge is -2.05. The van der Waals surface area contributed by atoms with Gasteiger partial charge in [-0.3, -0.25) is 0 Å². The zero-order chi connectivity index (χ0) is 19.1. The van der Waals surface area contributed by atoms with Gasteiger partial charge in [0.15, 0.2) is 0 Å². The Kier molecular flexibility index (Phi) is 20.7. The summed E-state index contributed by atoms with van der Waals surface area (Å²) < 4.78 is 0. The number of aliphatic hydroxyl groups is 1. The van der Waals surface area contributed by atoms with Crippen LogP contribution in [0.4, 0.5) is 0 Å². The van der Waals surface area contributed by atoms with Crippen LogP contribution in [0.2, 0.25) is 0 Å². The molecule has 1 unspecified atom stereocenters. The molecule has 26 heavy (non-hydrogen) atoms. The molecular formula is C24H38OS. The van der Waals surface area contributed by atoms with E-state index in [0.29, 0.717) is 0 Å². The lowest BCUT2D eigenvalue weighted by atomic mass is 10.1. The first-order valence-corrected chi connectivity index (χ1v) is 10.6. The number of allylic oxidation sites excluding steroid dienone is 12. The molecule has 0 amide bonds. The molecule has 1 atom stereocenters. The van der Waals surface area contributed by atoms with Crippen molar-refractivity contribution >= 4 is 12.6 Å². The van der Waals surface area contributed by atoms with Crippen molar-refractivity contribution in [2.24, 2.45) is 0 Å². The van der Waals surface area contributed by atoms with Crippen molar-refractivity contribution in [3.05, 3.63) is 72.9 Å². The van der Waals surface area contributed by atoms with E-state index in [0.717, 1.165) is 63.5 Å². The molecule has 146 valence electrons. The Morgan fingerprint density at radius 3 is 1.38 bits per heavy atom. The van der Waals surface area contributed by atoms with Gasteiger partial charge in [-0.2, -0.15) is 12.6 Å². The first-order valence-electron chi connectivity index (χ1n) is 10.00. The van der Waals surface area contributed by atoms with Crippen LogP contribution in [-0.4, -0.2) is 17.0 Å². The minimum atomic E-state index is -0.203. The molecule has 0 saturated heterocycles. The number of hydrogen-bond donors (Lipinski definition) is 2. The third-order valence-electron chi connectivity index (χ3n) is 3.73. The first-order chi connectivity index (χ1) is 12.8. The molecule has 0 fully saturated rings. The van der Waals surface area contributed by atoms with Crippen LogP contribution in [0.15, 0.2) is 72.9 Å². The van der Waals surface area contributed by atoms with Crippen LogP contribution in [0.5, 0.6) is 0 Å². The largest absolute Gasteiger partial charge is 0.393 e. The maximum atomic E-state index is 9.58. The standard InChI is InChI=1S/C24H38OS/c1-2-3-4-5-6-7-8-9-10-11-12-13-14-15-16-17-18-19-20-21-24(25)22-23-26/h3-4,6-7,9-10,12-13,15-16,18-19,24-26H,2,5,8,11,14,17,20-23H2,1H3/b4-3+,7-6+,10-9+,13-12+,16-15+,19-18+. The fourth-order valence-electron chi connectivity index (χ4n) is 2.22. The van der Waals surface area contributed by atoms with E-state index in [1.165, 1.54) is 0 Å². The third kappa shape index (κ3) is 20.8. The zero-order valence-corrected chi connectivity index (χ0v) is 17.4. The third-order valence-corrected chi connectivity index (χ3v) is 3.98. The predicted octanol–water partition coefficient (Wildman–Crippen LogP) is 7.15. The van der Waals surface area contributed by atoms with E-state index in [2.05, 4.69) is 92.5 Å². The molecule has 1 nitrogen and oxygen atoms in total. The van der Waals surface area contributed by atoms with Gasteiger partial charge in [0.2, 0.25) is 0 Å². The number of thiol groups is 1. The highest BCUT2D eigenvalue weighted by Gasteiger charge is 1.99. The predicted molar refractivity (Wildman–Crippen MR) is 122 cm³/mol. The minimum absolute atomic E-state index is 0.203. The van der Waals surface area contributed by atoms with E-state index < -0.39 is 0 Å². The first kappa shape index (κ1) is 24.8. The van der Waals surface area contributed by atoms with Crippen molar-refractivity contribution in [3.63, 3.8) is 0 Å². The van der Waals surface area contributed by atoms with Gasteiger partial charge < -0.3 is 5.11 Å². The summed E-state index contributed by atoms with van der Waals surface area (Å²) in [4.78, 5) is 0. The van der Waals surface area contributed by atoms with Crippen LogP contribution >= 0.6 is 12.6 Å². The van der Waals surface area contributed by atoms with Gasteiger partial charge >= 0.3 is 0 Å². The lowest BCUT2D eigenvalue weighted by Crippen LogP contribution is -2.05. The monoisotopic (exact) mass is 374 g/mol. The van der Waals surface area contributed by atoms with Crippen molar-refractivity contribution in [2.45, 2.75) is 70.8 Å². The average molecular weight is 375 g/mol. The SMILES string of the molecule is CC/C=C/C/C=C/C/C=C/C/C=C/C/C=C/C/C=C/CCC(O)CCS. The highest BCUT2D eigenvalue weighted by atomic mass is 32.1. The summed E-state index contributed by atoms with van der Waals surface area (Å²) >= 11 is 4.12. The smallest absolute Gasteiger partial charge is 0.0551 e. The molecule has 0 heterocycles. The average Bonchev–Trinajstić information content (AvgIpc) is 2.64. The van der Waals surface area contributed by atoms with E-state index in [1.54, 1.807) is 0 Å². The van der Waals surface area contributed by atoms with Gasteiger partial charge in [0.05, 0.1) is 6.10 Å². The molecule has 2 heteroatoms. The molecule has 0 aliphatic rings. The molecule has 0 saturated carbocycles. The van der Waals surface area contributed by atoms with Crippen molar-refractivity contribution in [1.82, 2.24) is 0 Å². The van der Waals surface area contributed by atoms with Gasteiger partial charge in [0.1, 0.15) is 0 Å². The maximum Gasteiger partial charge on any atom is 0.0551 e. The van der Waals surface area contributed by atoms with E-state index >= 15 is 0 Å². The van der Waals surface area contributed by atoms with Gasteiger partial charge in [0, 0.05) is 0 Å². The fraction of sp³-hybridized carbons (Fsp3) is 0.500. The summed E-state index contributed by atoms with van der Waals surface area (Å²) in [6.45, 7) is 2.16. The van der Waals surface area contributed by atoms with Crippen LogP contribution in [0.3, 0.4) is 0 Å². The molecule has 0 radical (unpaired) electrons. The van der Waals surface area contributed by atoms with E-state index in [4.69, 9.17) is 0 Å². The van der Waals surface area contributed by atoms with Crippen LogP contribution in [0.25, 0.3) is 0 Å². The molecule has 0 aliphatic heterocycles. The van der Waals surface area contributed by atoms with E-state index in [-0.39, 0.29) is 6.10 Å². The Morgan fingerprint density at radius 1 is 0.615 bits per heavy atom. The van der Waals surface area contributed by atoms with Crippen LogP contribution in [0.1, 0.15) is 64.7 Å². The van der Waals surface area contributed by atoms with Crippen LogP contribution < -0.4 is 0 Å². The summed E-state index contributed by atoms with van der Waals surface area (Å²) in [7, 11) is 0. The molecular weight excluding hydrogens is 336 g/mol. The normalized spacial score (nSPS) is 14.4. The molecule has 0 aromatic rings. The van der Waals surface area contributed by atoms with Gasteiger partial charge in [0.25, 0.3) is 0 Å². The molecule has 1 N–H and O–H groups in total. The summed E-state index contributed by atoms with van der Waals surface area (Å²) in [6.07, 6.45) is 34.9. The molecule has 0 aromatic heterocycles. The molecule has 0 rings (SSSR count). The summed E-state index contributed by atoms with van der Waals surface area (Å²) in [6, 6.07) is 0. The second-order valence-electron chi connectivity index (χ2n) is 6.16. The molecule has 0 aliphatic carbocycles. The topological polar surface area (TPSA) is 20.2 Å². The number of rotatable bonds is 16. The Labute approximate surface area is 167 Å². The summed E-state index contributed by atoms with van der Waals surface area (Å²) in [5.74, 6) is 0.755. The number of aliphatic hydroxyl groups excluding tert-OH is 1. The molecule has 0 spiro atoms. The molecule has 0 bridgehead atoms. The Bertz CT molecular complexity index is 455. The van der Waals surface area contributed by atoms with Crippen molar-refractivity contribution in [1.29, 1.82) is 0 Å². The Hall–Kier alpha value is -1.25. The lowest BCUT2D eigenvalue weighted by molar-refractivity contribution is 0.163. The van der Waals surface area contributed by atoms with Gasteiger partial charge in [-0.25, -0.2) is 0 Å². The van der Waals surface area contributed by atoms with E-state index in [1.807, 2.05) is 0 Å². The van der Waals surface area contributed by atoms with Gasteiger partial charge in [-0.1, -0.05) is 79.8 Å². The van der Waals surface area contributed by atoms with Gasteiger partial charge in [-0.15, -0.1) is 0 Å². The number of hydrogen-bond acceptors (Lipinski definition) is 2. The maximum absolute atomic E-state index is 9.58. The minimum Gasteiger partial charge on any atom is -0.393 e. The Morgan fingerprint density at radius 2 is 1.00 bits per heavy atom. The fourth-order valence-corrected chi connectivity index (χ4v) is 2.52. The molecule has 0 aromatic carbocycles. The summed E-state index contributed by atoms with van der Waals surface area (Å²) in [5, 5.41) is 9.58. The quantitative estimate of drug-likeness (QED) is 0.217. The van der Waals surface area contributed by atoms with Crippen molar-refractivity contribution < 1.29 is 5.11 Å². The van der Waals surface area contributed by atoms with Crippen molar-refractivity contribution in [2.75, 3.05) is 5.75 Å². The summed E-state index contributed by atoms with van der Waals surface area (Å²) in [5.41, 5.74) is 0. The van der Waals surface area contributed by atoms with Gasteiger partial charge in [-0.05, 0) is 63.5 Å². The van der Waals surface area contributed by atoms with Crippen LogP contribution in [-0.2, 0) is 0 Å².